The normalized spacial score (nSPS) is 25.7. The highest BCUT2D eigenvalue weighted by molar-refractivity contribution is 6.44. The van der Waals surface area contributed by atoms with Crippen LogP contribution in [0.5, 0.6) is 0 Å². The van der Waals surface area contributed by atoms with E-state index >= 15 is 0 Å². The number of rotatable bonds is 3. The molecule has 1 heterocycles. The summed E-state index contributed by atoms with van der Waals surface area (Å²) in [6.07, 6.45) is 1.24. The molecule has 0 aromatic heterocycles. The molecule has 0 unspecified atom stereocenters. The van der Waals surface area contributed by atoms with Gasteiger partial charge in [-0.1, -0.05) is 48.7 Å². The van der Waals surface area contributed by atoms with Crippen molar-refractivity contribution in [1.82, 2.24) is 0 Å². The second-order valence-electron chi connectivity index (χ2n) is 6.08. The lowest BCUT2D eigenvalue weighted by molar-refractivity contribution is -0.904. The van der Waals surface area contributed by atoms with Gasteiger partial charge in [-0.2, -0.15) is 0 Å². The van der Waals surface area contributed by atoms with Gasteiger partial charge in [0.2, 0.25) is 0 Å². The van der Waals surface area contributed by atoms with Gasteiger partial charge in [-0.3, -0.25) is 4.79 Å². The van der Waals surface area contributed by atoms with E-state index in [1.165, 1.54) is 11.3 Å². The summed E-state index contributed by atoms with van der Waals surface area (Å²) in [4.78, 5) is 13.5. The highest BCUT2D eigenvalue weighted by Gasteiger charge is 2.26. The average molecular weight is 351 g/mol. The Morgan fingerprint density at radius 2 is 1.71 bits per heavy atom. The second kappa shape index (κ2) is 7.19. The standard InChI is InChI=1S/C15H19Cl3N2O/c1-9-3-10(2)7-20(6-9)8-15(21)19-14-5-12(17)11(16)4-13(14)18/h4-5,9-10H,3,6-8H2,1-2H3,(H,19,21)/p+1/t9-,10-/m1/s1. The molecule has 0 saturated carbocycles. The fourth-order valence-corrected chi connectivity index (χ4v) is 3.70. The number of carbonyl (C=O) groups excluding carboxylic acids is 1. The lowest BCUT2D eigenvalue weighted by Gasteiger charge is -2.31. The van der Waals surface area contributed by atoms with E-state index in [1.807, 2.05) is 0 Å². The number of halogens is 3. The number of quaternary nitrogens is 1. The van der Waals surface area contributed by atoms with Gasteiger partial charge in [-0.15, -0.1) is 0 Å². The van der Waals surface area contributed by atoms with Crippen molar-refractivity contribution < 1.29 is 9.69 Å². The zero-order valence-electron chi connectivity index (χ0n) is 12.2. The number of carbonyl (C=O) groups is 1. The topological polar surface area (TPSA) is 33.5 Å². The molecular weight excluding hydrogens is 331 g/mol. The lowest BCUT2D eigenvalue weighted by Crippen LogP contribution is -3.15. The van der Waals surface area contributed by atoms with Crippen molar-refractivity contribution in [3.05, 3.63) is 27.2 Å². The van der Waals surface area contributed by atoms with Crippen molar-refractivity contribution in [2.24, 2.45) is 11.8 Å². The van der Waals surface area contributed by atoms with E-state index in [0.717, 1.165) is 13.1 Å². The van der Waals surface area contributed by atoms with Gasteiger partial charge in [0.15, 0.2) is 6.54 Å². The molecule has 1 aromatic carbocycles. The van der Waals surface area contributed by atoms with Crippen LogP contribution in [0.2, 0.25) is 15.1 Å². The van der Waals surface area contributed by atoms with Crippen molar-refractivity contribution in [2.45, 2.75) is 20.3 Å². The Labute approximate surface area is 140 Å². The lowest BCUT2D eigenvalue weighted by atomic mass is 9.92. The summed E-state index contributed by atoms with van der Waals surface area (Å²) in [6.45, 7) is 7.00. The van der Waals surface area contributed by atoms with Crippen LogP contribution < -0.4 is 10.2 Å². The minimum atomic E-state index is -0.0495. The summed E-state index contributed by atoms with van der Waals surface area (Å²) >= 11 is 17.9. The van der Waals surface area contributed by atoms with Gasteiger partial charge >= 0.3 is 0 Å². The molecule has 6 heteroatoms. The zero-order chi connectivity index (χ0) is 15.6. The minimum Gasteiger partial charge on any atom is -0.327 e. The number of amides is 1. The predicted octanol–water partition coefficient (Wildman–Crippen LogP) is 3.15. The number of hydrogen-bond donors (Lipinski definition) is 2. The number of benzene rings is 1. The van der Waals surface area contributed by atoms with Crippen LogP contribution in [0, 0.1) is 11.8 Å². The second-order valence-corrected chi connectivity index (χ2v) is 7.30. The number of hydrogen-bond acceptors (Lipinski definition) is 1. The maximum Gasteiger partial charge on any atom is 0.279 e. The Balaban J connectivity index is 1.97. The molecule has 0 radical (unpaired) electrons. The van der Waals surface area contributed by atoms with Gasteiger partial charge in [-0.05, 0) is 18.6 Å². The molecule has 1 amide bonds. The van der Waals surface area contributed by atoms with Gasteiger partial charge in [-0.25, -0.2) is 0 Å². The third-order valence-corrected chi connectivity index (χ3v) is 4.81. The van der Waals surface area contributed by atoms with E-state index in [1.54, 1.807) is 12.1 Å². The van der Waals surface area contributed by atoms with E-state index < -0.39 is 0 Å². The van der Waals surface area contributed by atoms with Crippen LogP contribution in [0.4, 0.5) is 5.69 Å². The Kier molecular flexibility index (Phi) is 5.78. The van der Waals surface area contributed by atoms with Crippen LogP contribution in [0.3, 0.4) is 0 Å². The molecule has 1 saturated heterocycles. The molecule has 2 atom stereocenters. The SMILES string of the molecule is C[C@@H]1C[C@@H](C)C[NH+](CC(=O)Nc2cc(Cl)c(Cl)cc2Cl)C1. The molecule has 1 aliphatic rings. The molecular formula is C15H20Cl3N2O+. The third kappa shape index (κ3) is 4.75. The first-order valence-electron chi connectivity index (χ1n) is 7.13. The van der Waals surface area contributed by atoms with Gasteiger partial charge in [0, 0.05) is 11.8 Å². The summed E-state index contributed by atoms with van der Waals surface area (Å²) in [5.74, 6) is 1.27. The molecule has 3 nitrogen and oxygen atoms in total. The molecule has 1 aromatic rings. The quantitative estimate of drug-likeness (QED) is 0.807. The first-order chi connectivity index (χ1) is 9.85. The van der Waals surface area contributed by atoms with Crippen LogP contribution in [0.1, 0.15) is 20.3 Å². The zero-order valence-corrected chi connectivity index (χ0v) is 14.4. The van der Waals surface area contributed by atoms with Crippen molar-refractivity contribution >= 4 is 46.4 Å². The summed E-state index contributed by atoms with van der Waals surface area (Å²) in [5.41, 5.74) is 0.508. The minimum absolute atomic E-state index is 0.0495. The maximum absolute atomic E-state index is 12.2. The van der Waals surface area contributed by atoms with Crippen LogP contribution in [0.25, 0.3) is 0 Å². The largest absolute Gasteiger partial charge is 0.327 e. The molecule has 0 spiro atoms. The van der Waals surface area contributed by atoms with Gasteiger partial charge < -0.3 is 10.2 Å². The average Bonchev–Trinajstić information content (AvgIpc) is 2.34. The predicted molar refractivity (Wildman–Crippen MR) is 88.6 cm³/mol. The highest BCUT2D eigenvalue weighted by atomic mass is 35.5. The van der Waals surface area contributed by atoms with Crippen LogP contribution in [0.15, 0.2) is 12.1 Å². The van der Waals surface area contributed by atoms with Crippen LogP contribution >= 0.6 is 34.8 Å². The molecule has 2 rings (SSSR count). The monoisotopic (exact) mass is 349 g/mol. The first-order valence-corrected chi connectivity index (χ1v) is 8.26. The van der Waals surface area contributed by atoms with Gasteiger partial charge in [0.1, 0.15) is 0 Å². The van der Waals surface area contributed by atoms with Crippen LogP contribution in [-0.4, -0.2) is 25.5 Å². The van der Waals surface area contributed by atoms with Crippen molar-refractivity contribution in [2.75, 3.05) is 25.0 Å². The Hall–Kier alpha value is -0.480. The number of piperidine rings is 1. The van der Waals surface area contributed by atoms with E-state index in [2.05, 4.69) is 19.2 Å². The summed E-state index contributed by atoms with van der Waals surface area (Å²) in [7, 11) is 0. The third-order valence-electron chi connectivity index (χ3n) is 3.77. The fraction of sp³-hybridized carbons (Fsp3) is 0.533. The summed E-state index contributed by atoms with van der Waals surface area (Å²) in [5, 5.41) is 3.97. The van der Waals surface area contributed by atoms with E-state index in [4.69, 9.17) is 34.8 Å². The molecule has 21 heavy (non-hydrogen) atoms. The fourth-order valence-electron chi connectivity index (χ4n) is 3.11. The van der Waals surface area contributed by atoms with Crippen molar-refractivity contribution in [3.8, 4) is 0 Å². The van der Waals surface area contributed by atoms with Crippen molar-refractivity contribution in [3.63, 3.8) is 0 Å². The van der Waals surface area contributed by atoms with E-state index in [9.17, 15) is 4.79 Å². The molecule has 1 aliphatic heterocycles. The van der Waals surface area contributed by atoms with Gasteiger partial charge in [0.25, 0.3) is 5.91 Å². The maximum atomic E-state index is 12.2. The Bertz CT molecular complexity index is 526. The summed E-state index contributed by atoms with van der Waals surface area (Å²) in [6, 6.07) is 3.12. The summed E-state index contributed by atoms with van der Waals surface area (Å²) < 4.78 is 0. The molecule has 1 fully saturated rings. The van der Waals surface area contributed by atoms with E-state index in [-0.39, 0.29) is 5.91 Å². The highest BCUT2D eigenvalue weighted by Crippen LogP contribution is 2.32. The molecule has 116 valence electrons. The van der Waals surface area contributed by atoms with Crippen molar-refractivity contribution in [1.29, 1.82) is 0 Å². The molecule has 0 aliphatic carbocycles. The first kappa shape index (κ1) is 16.9. The van der Waals surface area contributed by atoms with Gasteiger partial charge in [0.05, 0.1) is 33.8 Å². The number of anilines is 1. The smallest absolute Gasteiger partial charge is 0.279 e. The number of nitrogens with one attached hydrogen (secondary N) is 2. The Morgan fingerprint density at radius 3 is 2.33 bits per heavy atom. The Morgan fingerprint density at radius 1 is 1.14 bits per heavy atom. The number of likely N-dealkylation sites (tertiary alicyclic amines) is 1. The van der Waals surface area contributed by atoms with E-state index in [0.29, 0.717) is 39.1 Å². The van der Waals surface area contributed by atoms with Crippen LogP contribution in [-0.2, 0) is 4.79 Å². The molecule has 0 bridgehead atoms. The molecule has 2 N–H and O–H groups in total.